The minimum atomic E-state index is -0.618. The Hall–Kier alpha value is -0.570. The van der Waals surface area contributed by atoms with Crippen molar-refractivity contribution < 1.29 is 9.90 Å². The molecule has 0 amide bonds. The van der Waals surface area contributed by atoms with Gasteiger partial charge in [0.25, 0.3) is 0 Å². The fourth-order valence-electron chi connectivity index (χ4n) is 4.47. The van der Waals surface area contributed by atoms with E-state index >= 15 is 0 Å². The Balaban J connectivity index is 1.80. The Kier molecular flexibility index (Phi) is 5.70. The maximum Gasteiger partial charge on any atom is 0.307 e. The largest absolute Gasteiger partial charge is 0.481 e. The van der Waals surface area contributed by atoms with E-state index in [1.165, 1.54) is 38.5 Å². The van der Waals surface area contributed by atoms with E-state index in [0.717, 1.165) is 25.3 Å². The number of hydrogen-bond donors (Lipinski definition) is 2. The minimum absolute atomic E-state index is 0.118. The fraction of sp³-hybridized carbons (Fsp3) is 0.944. The Morgan fingerprint density at radius 1 is 1.14 bits per heavy atom. The number of carboxylic acid groups (broad SMARTS) is 1. The highest BCUT2D eigenvalue weighted by Crippen LogP contribution is 2.45. The minimum Gasteiger partial charge on any atom is -0.481 e. The molecule has 0 heterocycles. The molecule has 3 nitrogen and oxygen atoms in total. The van der Waals surface area contributed by atoms with Gasteiger partial charge in [0, 0.05) is 6.04 Å². The van der Waals surface area contributed by atoms with E-state index in [4.69, 9.17) is 0 Å². The predicted molar refractivity (Wildman–Crippen MR) is 86.3 cm³/mol. The number of hydrogen-bond acceptors (Lipinski definition) is 2. The summed E-state index contributed by atoms with van der Waals surface area (Å²) in [6.07, 6.45) is 10.2. The first kappa shape index (κ1) is 16.8. The van der Waals surface area contributed by atoms with Crippen LogP contribution >= 0.6 is 0 Å². The van der Waals surface area contributed by atoms with Gasteiger partial charge in [-0.05, 0) is 43.1 Å². The van der Waals surface area contributed by atoms with Crippen LogP contribution in [0.1, 0.15) is 72.1 Å². The third-order valence-electron chi connectivity index (χ3n) is 6.42. The third-order valence-corrected chi connectivity index (χ3v) is 6.42. The van der Waals surface area contributed by atoms with Crippen molar-refractivity contribution in [1.82, 2.24) is 5.32 Å². The maximum atomic E-state index is 11.4. The molecule has 0 saturated heterocycles. The van der Waals surface area contributed by atoms with Crippen LogP contribution in [0.2, 0.25) is 0 Å². The van der Waals surface area contributed by atoms with Gasteiger partial charge in [0.05, 0.1) is 5.92 Å². The SMILES string of the molecule is CC1C(NCCC2CCCCC2)CCC(C(=O)O)C1(C)C. The van der Waals surface area contributed by atoms with E-state index in [0.29, 0.717) is 12.0 Å². The monoisotopic (exact) mass is 295 g/mol. The van der Waals surface area contributed by atoms with Crippen molar-refractivity contribution in [2.75, 3.05) is 6.54 Å². The van der Waals surface area contributed by atoms with E-state index in [2.05, 4.69) is 26.1 Å². The summed E-state index contributed by atoms with van der Waals surface area (Å²) in [4.78, 5) is 11.4. The number of carboxylic acids is 1. The smallest absolute Gasteiger partial charge is 0.307 e. The van der Waals surface area contributed by atoms with Gasteiger partial charge in [-0.2, -0.15) is 0 Å². The van der Waals surface area contributed by atoms with Crippen LogP contribution in [0.4, 0.5) is 0 Å². The molecule has 0 aliphatic heterocycles. The van der Waals surface area contributed by atoms with Crippen LogP contribution in [-0.4, -0.2) is 23.7 Å². The summed E-state index contributed by atoms with van der Waals surface area (Å²) in [6.45, 7) is 7.59. The van der Waals surface area contributed by atoms with Gasteiger partial charge in [0.15, 0.2) is 0 Å². The van der Waals surface area contributed by atoms with Crippen LogP contribution in [0.15, 0.2) is 0 Å². The van der Waals surface area contributed by atoms with Gasteiger partial charge in [-0.1, -0.05) is 52.9 Å². The molecule has 2 aliphatic rings. The van der Waals surface area contributed by atoms with Gasteiger partial charge in [-0.25, -0.2) is 0 Å². The lowest BCUT2D eigenvalue weighted by Crippen LogP contribution is -2.51. The molecular formula is C18H33NO2. The van der Waals surface area contributed by atoms with Crippen molar-refractivity contribution in [1.29, 1.82) is 0 Å². The number of rotatable bonds is 5. The molecule has 2 rings (SSSR count). The van der Waals surface area contributed by atoms with Crippen molar-refractivity contribution >= 4 is 5.97 Å². The normalized spacial score (nSPS) is 33.8. The van der Waals surface area contributed by atoms with Crippen molar-refractivity contribution in [3.05, 3.63) is 0 Å². The van der Waals surface area contributed by atoms with Crippen LogP contribution in [-0.2, 0) is 4.79 Å². The second-order valence-electron chi connectivity index (χ2n) is 7.93. The van der Waals surface area contributed by atoms with Crippen LogP contribution in [0.5, 0.6) is 0 Å². The summed E-state index contributed by atoms with van der Waals surface area (Å²) in [5.74, 6) is 0.528. The topological polar surface area (TPSA) is 49.3 Å². The molecule has 3 unspecified atom stereocenters. The zero-order valence-electron chi connectivity index (χ0n) is 14.0. The third kappa shape index (κ3) is 4.00. The molecule has 2 fully saturated rings. The fourth-order valence-corrected chi connectivity index (χ4v) is 4.47. The molecule has 2 N–H and O–H groups in total. The standard InChI is InChI=1S/C18H33NO2/c1-13-16(10-9-15(17(20)21)18(13,2)3)19-12-11-14-7-5-4-6-8-14/h13-16,19H,4-12H2,1-3H3,(H,20,21). The van der Waals surface area contributed by atoms with Gasteiger partial charge < -0.3 is 10.4 Å². The van der Waals surface area contributed by atoms with Crippen LogP contribution in [0, 0.1) is 23.2 Å². The Morgan fingerprint density at radius 2 is 1.81 bits per heavy atom. The van der Waals surface area contributed by atoms with E-state index < -0.39 is 5.97 Å². The predicted octanol–water partition coefficient (Wildman–Crippen LogP) is 4.07. The zero-order valence-corrected chi connectivity index (χ0v) is 14.0. The summed E-state index contributed by atoms with van der Waals surface area (Å²) in [5.41, 5.74) is -0.118. The van der Waals surface area contributed by atoms with Crippen molar-refractivity contribution in [3.8, 4) is 0 Å². The average Bonchev–Trinajstić information content (AvgIpc) is 2.44. The van der Waals surface area contributed by atoms with E-state index in [9.17, 15) is 9.90 Å². The highest BCUT2D eigenvalue weighted by molar-refractivity contribution is 5.71. The van der Waals surface area contributed by atoms with E-state index in [1.807, 2.05) is 0 Å². The van der Waals surface area contributed by atoms with Crippen molar-refractivity contribution in [2.24, 2.45) is 23.2 Å². The number of aliphatic carboxylic acids is 1. The lowest BCUT2D eigenvalue weighted by molar-refractivity contribution is -0.150. The average molecular weight is 295 g/mol. The summed E-state index contributed by atoms with van der Waals surface area (Å²) in [7, 11) is 0. The second-order valence-corrected chi connectivity index (χ2v) is 7.93. The van der Waals surface area contributed by atoms with Gasteiger partial charge >= 0.3 is 5.97 Å². The van der Waals surface area contributed by atoms with Crippen LogP contribution < -0.4 is 5.32 Å². The lowest BCUT2D eigenvalue weighted by atomic mass is 9.61. The molecule has 0 spiro atoms. The van der Waals surface area contributed by atoms with Crippen LogP contribution in [0.3, 0.4) is 0 Å². The molecule has 0 radical (unpaired) electrons. The van der Waals surface area contributed by atoms with Gasteiger partial charge in [0.2, 0.25) is 0 Å². The van der Waals surface area contributed by atoms with Gasteiger partial charge in [-0.15, -0.1) is 0 Å². The highest BCUT2D eigenvalue weighted by atomic mass is 16.4. The van der Waals surface area contributed by atoms with Crippen molar-refractivity contribution in [2.45, 2.75) is 78.2 Å². The second kappa shape index (κ2) is 7.13. The molecule has 2 aliphatic carbocycles. The quantitative estimate of drug-likeness (QED) is 0.803. The molecular weight excluding hydrogens is 262 g/mol. The molecule has 0 aromatic rings. The lowest BCUT2D eigenvalue weighted by Gasteiger charge is -2.46. The molecule has 0 aromatic carbocycles. The Labute approximate surface area is 129 Å². The summed E-state index contributed by atoms with van der Waals surface area (Å²) in [5, 5.41) is 13.1. The van der Waals surface area contributed by atoms with Crippen molar-refractivity contribution in [3.63, 3.8) is 0 Å². The highest BCUT2D eigenvalue weighted by Gasteiger charge is 2.45. The first-order chi connectivity index (χ1) is 9.93. The van der Waals surface area contributed by atoms with Gasteiger partial charge in [0.1, 0.15) is 0 Å². The first-order valence-electron chi connectivity index (χ1n) is 8.89. The molecule has 0 aromatic heterocycles. The molecule has 21 heavy (non-hydrogen) atoms. The maximum absolute atomic E-state index is 11.4. The molecule has 122 valence electrons. The Bertz CT molecular complexity index is 347. The molecule has 3 heteroatoms. The summed E-state index contributed by atoms with van der Waals surface area (Å²) < 4.78 is 0. The van der Waals surface area contributed by atoms with E-state index in [1.54, 1.807) is 0 Å². The summed E-state index contributed by atoms with van der Waals surface area (Å²) >= 11 is 0. The summed E-state index contributed by atoms with van der Waals surface area (Å²) in [6, 6.07) is 0.485. The number of carbonyl (C=O) groups is 1. The first-order valence-corrected chi connectivity index (χ1v) is 8.89. The Morgan fingerprint density at radius 3 is 2.43 bits per heavy atom. The van der Waals surface area contributed by atoms with Gasteiger partial charge in [-0.3, -0.25) is 4.79 Å². The molecule has 2 saturated carbocycles. The molecule has 3 atom stereocenters. The zero-order chi connectivity index (χ0) is 15.5. The van der Waals surface area contributed by atoms with Crippen LogP contribution in [0.25, 0.3) is 0 Å². The van der Waals surface area contributed by atoms with E-state index in [-0.39, 0.29) is 11.3 Å². The number of nitrogens with one attached hydrogen (secondary N) is 1. The molecule has 0 bridgehead atoms.